The van der Waals surface area contributed by atoms with Crippen LogP contribution in [0.4, 0.5) is 0 Å². The van der Waals surface area contributed by atoms with Crippen LogP contribution in [0.5, 0.6) is 0 Å². The third-order valence-electron chi connectivity index (χ3n) is 3.11. The van der Waals surface area contributed by atoms with Gasteiger partial charge in [-0.15, -0.1) is 0 Å². The van der Waals surface area contributed by atoms with Crippen molar-refractivity contribution in [1.29, 1.82) is 0 Å². The third kappa shape index (κ3) is 6.84. The first kappa shape index (κ1) is 18.7. The predicted molar refractivity (Wildman–Crippen MR) is 97.1 cm³/mol. The molecule has 2 rings (SSSR count). The van der Waals surface area contributed by atoms with E-state index in [0.717, 1.165) is 20.1 Å². The summed E-state index contributed by atoms with van der Waals surface area (Å²) in [6.45, 7) is 0.372. The van der Waals surface area contributed by atoms with Crippen LogP contribution in [-0.4, -0.2) is 11.9 Å². The summed E-state index contributed by atoms with van der Waals surface area (Å²) in [6, 6.07) is 15.0. The summed E-state index contributed by atoms with van der Waals surface area (Å²) in [5, 5.41) is 0. The second-order valence-corrected chi connectivity index (χ2v) is 6.91. The molecular formula is C18H16Br2O4. The van der Waals surface area contributed by atoms with E-state index in [0.29, 0.717) is 0 Å². The molecule has 0 spiro atoms. The molecule has 126 valence electrons. The number of benzene rings is 2. The molecule has 0 aliphatic carbocycles. The molecule has 0 bridgehead atoms. The first-order valence-electron chi connectivity index (χ1n) is 7.33. The fraction of sp³-hybridized carbons (Fsp3) is 0.222. The van der Waals surface area contributed by atoms with Gasteiger partial charge in [0.1, 0.15) is 13.2 Å². The van der Waals surface area contributed by atoms with Gasteiger partial charge in [-0.05, 0) is 35.4 Å². The molecule has 24 heavy (non-hydrogen) atoms. The van der Waals surface area contributed by atoms with Crippen LogP contribution in [0.2, 0.25) is 0 Å². The highest BCUT2D eigenvalue weighted by Gasteiger charge is 2.10. The van der Waals surface area contributed by atoms with E-state index in [2.05, 4.69) is 31.9 Å². The zero-order valence-electron chi connectivity index (χ0n) is 12.8. The van der Waals surface area contributed by atoms with Gasteiger partial charge in [0, 0.05) is 8.95 Å². The molecule has 0 N–H and O–H groups in total. The largest absolute Gasteiger partial charge is 0.461 e. The molecule has 0 fully saturated rings. The molecule has 2 aromatic carbocycles. The molecule has 0 radical (unpaired) electrons. The molecule has 0 aliphatic rings. The molecule has 0 amide bonds. The monoisotopic (exact) mass is 454 g/mol. The van der Waals surface area contributed by atoms with Crippen LogP contribution in [0.25, 0.3) is 0 Å². The molecule has 0 saturated carbocycles. The SMILES string of the molecule is O=C(CCC(=O)OCc1cccc(Br)c1)OCc1cccc(Br)c1. The Morgan fingerprint density at radius 1 is 0.750 bits per heavy atom. The third-order valence-corrected chi connectivity index (χ3v) is 4.10. The van der Waals surface area contributed by atoms with Gasteiger partial charge >= 0.3 is 11.9 Å². The van der Waals surface area contributed by atoms with Gasteiger partial charge in [-0.25, -0.2) is 0 Å². The fourth-order valence-corrected chi connectivity index (χ4v) is 2.82. The summed E-state index contributed by atoms with van der Waals surface area (Å²) >= 11 is 6.71. The van der Waals surface area contributed by atoms with Gasteiger partial charge in [0.2, 0.25) is 0 Å². The maximum atomic E-state index is 11.7. The number of hydrogen-bond acceptors (Lipinski definition) is 4. The van der Waals surface area contributed by atoms with Crippen molar-refractivity contribution in [2.24, 2.45) is 0 Å². The number of esters is 2. The van der Waals surface area contributed by atoms with Crippen molar-refractivity contribution >= 4 is 43.8 Å². The first-order valence-corrected chi connectivity index (χ1v) is 8.91. The van der Waals surface area contributed by atoms with Gasteiger partial charge in [-0.3, -0.25) is 9.59 Å². The number of hydrogen-bond donors (Lipinski definition) is 0. The number of rotatable bonds is 7. The molecule has 0 aromatic heterocycles. The van der Waals surface area contributed by atoms with Gasteiger partial charge < -0.3 is 9.47 Å². The van der Waals surface area contributed by atoms with Gasteiger partial charge in [-0.2, -0.15) is 0 Å². The number of ether oxygens (including phenoxy) is 2. The summed E-state index contributed by atoms with van der Waals surface area (Å²) in [7, 11) is 0. The normalized spacial score (nSPS) is 10.2. The van der Waals surface area contributed by atoms with Crippen LogP contribution in [-0.2, 0) is 32.3 Å². The van der Waals surface area contributed by atoms with Crippen LogP contribution in [0.1, 0.15) is 24.0 Å². The Bertz CT molecular complexity index is 654. The Kier molecular flexibility index (Phi) is 7.46. The van der Waals surface area contributed by atoms with E-state index >= 15 is 0 Å². The minimum absolute atomic E-state index is 0.00528. The average molecular weight is 456 g/mol. The van der Waals surface area contributed by atoms with E-state index in [9.17, 15) is 9.59 Å². The lowest BCUT2D eigenvalue weighted by atomic mass is 10.2. The van der Waals surface area contributed by atoms with Crippen molar-refractivity contribution in [1.82, 2.24) is 0 Å². The topological polar surface area (TPSA) is 52.6 Å². The highest BCUT2D eigenvalue weighted by molar-refractivity contribution is 9.10. The average Bonchev–Trinajstić information content (AvgIpc) is 2.56. The van der Waals surface area contributed by atoms with E-state index in [1.54, 1.807) is 0 Å². The molecule has 6 heteroatoms. The second-order valence-electron chi connectivity index (χ2n) is 5.08. The van der Waals surface area contributed by atoms with Crippen molar-refractivity contribution in [2.45, 2.75) is 26.1 Å². The minimum atomic E-state index is -0.422. The minimum Gasteiger partial charge on any atom is -0.461 e. The van der Waals surface area contributed by atoms with E-state index in [-0.39, 0.29) is 26.1 Å². The standard InChI is InChI=1S/C18H16Br2O4/c19-15-5-1-3-13(9-15)11-23-17(21)7-8-18(22)24-12-14-4-2-6-16(20)10-14/h1-6,9-10H,7-8,11-12H2. The van der Waals surface area contributed by atoms with Crippen molar-refractivity contribution in [3.8, 4) is 0 Å². The van der Waals surface area contributed by atoms with Gasteiger partial charge in [0.25, 0.3) is 0 Å². The van der Waals surface area contributed by atoms with E-state index in [1.165, 1.54) is 0 Å². The van der Waals surface area contributed by atoms with Crippen molar-refractivity contribution in [2.75, 3.05) is 0 Å². The van der Waals surface area contributed by atoms with Gasteiger partial charge in [-0.1, -0.05) is 56.1 Å². The van der Waals surface area contributed by atoms with Gasteiger partial charge in [0.05, 0.1) is 12.8 Å². The summed E-state index contributed by atoms with van der Waals surface area (Å²) in [5.74, 6) is -0.844. The van der Waals surface area contributed by atoms with Gasteiger partial charge in [0.15, 0.2) is 0 Å². The number of carbonyl (C=O) groups is 2. The maximum absolute atomic E-state index is 11.7. The lowest BCUT2D eigenvalue weighted by Gasteiger charge is -2.07. The quantitative estimate of drug-likeness (QED) is 0.564. The Morgan fingerprint density at radius 2 is 1.17 bits per heavy atom. The van der Waals surface area contributed by atoms with Crippen LogP contribution < -0.4 is 0 Å². The molecule has 2 aromatic rings. The zero-order valence-corrected chi connectivity index (χ0v) is 16.0. The van der Waals surface area contributed by atoms with Crippen molar-refractivity contribution < 1.29 is 19.1 Å². The zero-order chi connectivity index (χ0) is 17.4. The molecule has 4 nitrogen and oxygen atoms in total. The number of halogens is 2. The smallest absolute Gasteiger partial charge is 0.306 e. The summed E-state index contributed by atoms with van der Waals surface area (Å²) in [6.07, 6.45) is 0.0106. The van der Waals surface area contributed by atoms with E-state index in [4.69, 9.17) is 9.47 Å². The highest BCUT2D eigenvalue weighted by Crippen LogP contribution is 2.14. The lowest BCUT2D eigenvalue weighted by Crippen LogP contribution is -2.10. The van der Waals surface area contributed by atoms with Crippen molar-refractivity contribution in [3.05, 3.63) is 68.6 Å². The lowest BCUT2D eigenvalue weighted by molar-refractivity contribution is -0.151. The molecular weight excluding hydrogens is 440 g/mol. The molecule has 0 aliphatic heterocycles. The summed E-state index contributed by atoms with van der Waals surface area (Å²) in [4.78, 5) is 23.4. The second kappa shape index (κ2) is 9.59. The molecule has 0 saturated heterocycles. The van der Waals surface area contributed by atoms with E-state index in [1.807, 2.05) is 48.5 Å². The molecule has 0 atom stereocenters. The van der Waals surface area contributed by atoms with Crippen molar-refractivity contribution in [3.63, 3.8) is 0 Å². The Morgan fingerprint density at radius 3 is 1.54 bits per heavy atom. The first-order chi connectivity index (χ1) is 11.5. The highest BCUT2D eigenvalue weighted by atomic mass is 79.9. The van der Waals surface area contributed by atoms with Crippen LogP contribution >= 0.6 is 31.9 Å². The fourth-order valence-electron chi connectivity index (χ4n) is 1.93. The molecule has 0 heterocycles. The van der Waals surface area contributed by atoms with Crippen LogP contribution in [0.3, 0.4) is 0 Å². The summed E-state index contributed by atoms with van der Waals surface area (Å²) in [5.41, 5.74) is 1.77. The Hall–Kier alpha value is -1.66. The number of carbonyl (C=O) groups excluding carboxylic acids is 2. The molecule has 0 unspecified atom stereocenters. The van der Waals surface area contributed by atoms with Crippen LogP contribution in [0, 0.1) is 0 Å². The Labute approximate surface area is 157 Å². The Balaban J connectivity index is 1.66. The predicted octanol–water partition coefficient (Wildman–Crippen LogP) is 4.78. The summed E-state index contributed by atoms with van der Waals surface area (Å²) < 4.78 is 12.1. The van der Waals surface area contributed by atoms with Crippen LogP contribution in [0.15, 0.2) is 57.5 Å². The maximum Gasteiger partial charge on any atom is 0.306 e. The van der Waals surface area contributed by atoms with E-state index < -0.39 is 11.9 Å².